The highest BCUT2D eigenvalue weighted by atomic mass is 16.1. The Labute approximate surface area is 117 Å². The summed E-state index contributed by atoms with van der Waals surface area (Å²) >= 11 is 0. The number of hydrogen-bond acceptors (Lipinski definition) is 2. The zero-order valence-corrected chi connectivity index (χ0v) is 11.3. The standard InChI is InChI=1S/C17H16N2O/c1-2-12-7-4-6-10-15(12)19-16(18)11-13-8-3-5-9-14(13)17(19)20/h3-11H,2,18H2,1H3. The Morgan fingerprint density at radius 1 is 1.05 bits per heavy atom. The molecule has 0 aliphatic carbocycles. The largest absolute Gasteiger partial charge is 0.385 e. The van der Waals surface area contributed by atoms with Gasteiger partial charge in [0.15, 0.2) is 0 Å². The van der Waals surface area contributed by atoms with Gasteiger partial charge in [-0.3, -0.25) is 9.36 Å². The van der Waals surface area contributed by atoms with Crippen molar-refractivity contribution in [2.45, 2.75) is 13.3 Å². The minimum Gasteiger partial charge on any atom is -0.385 e. The van der Waals surface area contributed by atoms with E-state index in [0.29, 0.717) is 11.2 Å². The third-order valence-corrected chi connectivity index (χ3v) is 3.57. The number of aromatic nitrogens is 1. The van der Waals surface area contributed by atoms with Crippen LogP contribution in [0.5, 0.6) is 0 Å². The van der Waals surface area contributed by atoms with Crippen molar-refractivity contribution in [3.63, 3.8) is 0 Å². The Balaban J connectivity index is 2.40. The highest BCUT2D eigenvalue weighted by molar-refractivity contribution is 5.84. The maximum absolute atomic E-state index is 12.7. The van der Waals surface area contributed by atoms with Crippen LogP contribution < -0.4 is 11.3 Å². The molecular weight excluding hydrogens is 248 g/mol. The molecule has 1 heterocycles. The molecule has 0 atom stereocenters. The van der Waals surface area contributed by atoms with Gasteiger partial charge in [-0.05, 0) is 35.6 Å². The number of nitrogens with zero attached hydrogens (tertiary/aromatic N) is 1. The van der Waals surface area contributed by atoms with Crippen LogP contribution >= 0.6 is 0 Å². The highest BCUT2D eigenvalue weighted by Gasteiger charge is 2.10. The first-order valence-electron chi connectivity index (χ1n) is 6.71. The van der Waals surface area contributed by atoms with Gasteiger partial charge in [0.25, 0.3) is 5.56 Å². The molecule has 100 valence electrons. The van der Waals surface area contributed by atoms with Crippen molar-refractivity contribution < 1.29 is 0 Å². The average molecular weight is 264 g/mol. The normalized spacial score (nSPS) is 10.8. The van der Waals surface area contributed by atoms with Gasteiger partial charge in [0.2, 0.25) is 0 Å². The lowest BCUT2D eigenvalue weighted by Gasteiger charge is -2.14. The lowest BCUT2D eigenvalue weighted by molar-refractivity contribution is 0.980. The molecule has 0 saturated heterocycles. The van der Waals surface area contributed by atoms with Crippen LogP contribution in [0.2, 0.25) is 0 Å². The van der Waals surface area contributed by atoms with E-state index in [1.54, 1.807) is 4.57 Å². The molecule has 20 heavy (non-hydrogen) atoms. The predicted octanol–water partition coefficient (Wildman–Crippen LogP) is 3.14. The number of anilines is 1. The molecule has 3 aromatic rings. The summed E-state index contributed by atoms with van der Waals surface area (Å²) in [5.74, 6) is 0.467. The third-order valence-electron chi connectivity index (χ3n) is 3.57. The monoisotopic (exact) mass is 264 g/mol. The summed E-state index contributed by atoms with van der Waals surface area (Å²) in [6.45, 7) is 2.07. The minimum atomic E-state index is -0.0681. The van der Waals surface area contributed by atoms with E-state index in [2.05, 4.69) is 6.92 Å². The summed E-state index contributed by atoms with van der Waals surface area (Å²) in [5.41, 5.74) is 8.01. The molecule has 1 aromatic heterocycles. The molecule has 0 aliphatic rings. The van der Waals surface area contributed by atoms with E-state index in [1.807, 2.05) is 54.6 Å². The first-order chi connectivity index (χ1) is 9.72. The van der Waals surface area contributed by atoms with Crippen LogP contribution in [-0.2, 0) is 6.42 Å². The number of rotatable bonds is 2. The first-order valence-corrected chi connectivity index (χ1v) is 6.71. The summed E-state index contributed by atoms with van der Waals surface area (Å²) in [6.07, 6.45) is 0.856. The Morgan fingerprint density at radius 2 is 1.75 bits per heavy atom. The van der Waals surface area contributed by atoms with Gasteiger partial charge in [-0.1, -0.05) is 43.3 Å². The van der Waals surface area contributed by atoms with E-state index in [0.717, 1.165) is 23.1 Å². The topological polar surface area (TPSA) is 48.0 Å². The van der Waals surface area contributed by atoms with Crippen molar-refractivity contribution in [3.05, 3.63) is 70.5 Å². The predicted molar refractivity (Wildman–Crippen MR) is 83.3 cm³/mol. The van der Waals surface area contributed by atoms with Crippen molar-refractivity contribution in [3.8, 4) is 5.69 Å². The van der Waals surface area contributed by atoms with Crippen LogP contribution in [0.3, 0.4) is 0 Å². The molecule has 0 fully saturated rings. The van der Waals surface area contributed by atoms with Crippen molar-refractivity contribution in [2.75, 3.05) is 5.73 Å². The molecule has 0 unspecified atom stereocenters. The van der Waals surface area contributed by atoms with Crippen molar-refractivity contribution in [1.82, 2.24) is 4.57 Å². The maximum Gasteiger partial charge on any atom is 0.264 e. The van der Waals surface area contributed by atoms with Crippen LogP contribution in [0.4, 0.5) is 5.82 Å². The molecule has 0 radical (unpaired) electrons. The van der Waals surface area contributed by atoms with Gasteiger partial charge < -0.3 is 5.73 Å². The third kappa shape index (κ3) is 1.88. The van der Waals surface area contributed by atoms with Crippen molar-refractivity contribution in [2.24, 2.45) is 0 Å². The molecule has 0 aliphatic heterocycles. The SMILES string of the molecule is CCc1ccccc1-n1c(N)cc2ccccc2c1=O. The van der Waals surface area contributed by atoms with Gasteiger partial charge in [0.05, 0.1) is 5.69 Å². The Morgan fingerprint density at radius 3 is 2.55 bits per heavy atom. The quantitative estimate of drug-likeness (QED) is 0.773. The van der Waals surface area contributed by atoms with E-state index >= 15 is 0 Å². The van der Waals surface area contributed by atoms with Gasteiger partial charge in [0, 0.05) is 5.39 Å². The van der Waals surface area contributed by atoms with Gasteiger partial charge in [0.1, 0.15) is 5.82 Å². The van der Waals surface area contributed by atoms with Gasteiger partial charge >= 0.3 is 0 Å². The van der Waals surface area contributed by atoms with Crippen LogP contribution in [-0.4, -0.2) is 4.57 Å². The van der Waals surface area contributed by atoms with E-state index in [-0.39, 0.29) is 5.56 Å². The molecule has 0 amide bonds. The van der Waals surface area contributed by atoms with E-state index in [1.165, 1.54) is 0 Å². The Kier molecular flexibility index (Phi) is 3.03. The average Bonchev–Trinajstić information content (AvgIpc) is 2.48. The molecule has 3 rings (SSSR count). The van der Waals surface area contributed by atoms with E-state index in [9.17, 15) is 4.79 Å². The molecular formula is C17H16N2O. The number of fused-ring (bicyclic) bond motifs is 1. The van der Waals surface area contributed by atoms with Crippen molar-refractivity contribution in [1.29, 1.82) is 0 Å². The van der Waals surface area contributed by atoms with Gasteiger partial charge in [-0.2, -0.15) is 0 Å². The first kappa shape index (κ1) is 12.5. The lowest BCUT2D eigenvalue weighted by Crippen LogP contribution is -2.22. The number of nitrogens with two attached hydrogens (primary N) is 1. The second-order valence-corrected chi connectivity index (χ2v) is 4.78. The molecule has 3 nitrogen and oxygen atoms in total. The zero-order chi connectivity index (χ0) is 14.1. The summed E-state index contributed by atoms with van der Waals surface area (Å²) in [5, 5.41) is 1.56. The Bertz CT molecular complexity index is 834. The van der Waals surface area contributed by atoms with Crippen LogP contribution in [0.15, 0.2) is 59.4 Å². The number of aryl methyl sites for hydroxylation is 1. The summed E-state index contributed by atoms with van der Waals surface area (Å²) in [7, 11) is 0. The fraction of sp³-hybridized carbons (Fsp3) is 0.118. The number of hydrogen-bond donors (Lipinski definition) is 1. The molecule has 0 saturated carbocycles. The number of pyridine rings is 1. The minimum absolute atomic E-state index is 0.0681. The summed E-state index contributed by atoms with van der Waals surface area (Å²) in [6, 6.07) is 17.2. The van der Waals surface area contributed by atoms with Crippen LogP contribution in [0.1, 0.15) is 12.5 Å². The molecule has 0 spiro atoms. The van der Waals surface area contributed by atoms with E-state index < -0.39 is 0 Å². The van der Waals surface area contributed by atoms with E-state index in [4.69, 9.17) is 5.73 Å². The number of para-hydroxylation sites is 1. The second-order valence-electron chi connectivity index (χ2n) is 4.78. The molecule has 3 heteroatoms. The summed E-state index contributed by atoms with van der Waals surface area (Å²) < 4.78 is 1.60. The fourth-order valence-corrected chi connectivity index (χ4v) is 2.56. The van der Waals surface area contributed by atoms with Crippen LogP contribution in [0.25, 0.3) is 16.5 Å². The molecule has 2 N–H and O–H groups in total. The summed E-state index contributed by atoms with van der Waals surface area (Å²) in [4.78, 5) is 12.7. The highest BCUT2D eigenvalue weighted by Crippen LogP contribution is 2.20. The maximum atomic E-state index is 12.7. The fourth-order valence-electron chi connectivity index (χ4n) is 2.56. The number of benzene rings is 2. The Hall–Kier alpha value is -2.55. The van der Waals surface area contributed by atoms with Crippen molar-refractivity contribution >= 4 is 16.6 Å². The molecule has 2 aromatic carbocycles. The second kappa shape index (κ2) is 4.85. The zero-order valence-electron chi connectivity index (χ0n) is 11.3. The van der Waals surface area contributed by atoms with Gasteiger partial charge in [-0.25, -0.2) is 0 Å². The van der Waals surface area contributed by atoms with Gasteiger partial charge in [-0.15, -0.1) is 0 Å². The molecule has 0 bridgehead atoms. The number of nitrogen functional groups attached to an aromatic ring is 1. The lowest BCUT2D eigenvalue weighted by atomic mass is 10.1. The smallest absolute Gasteiger partial charge is 0.264 e. The van der Waals surface area contributed by atoms with Crippen LogP contribution in [0, 0.1) is 0 Å².